The highest BCUT2D eigenvalue weighted by atomic mass is 16.5. The largest absolute Gasteiger partial charge is 0.504 e. The lowest BCUT2D eigenvalue weighted by molar-refractivity contribution is -0.117. The number of carbonyl (C=O) groups is 1. The highest BCUT2D eigenvalue weighted by molar-refractivity contribution is 6.40. The van der Waals surface area contributed by atoms with Crippen molar-refractivity contribution >= 4 is 66.3 Å². The maximum atomic E-state index is 14.1. The summed E-state index contributed by atoms with van der Waals surface area (Å²) < 4.78 is 17.5. The zero-order valence-electron chi connectivity index (χ0n) is 25.2. The molecule has 0 saturated heterocycles. The summed E-state index contributed by atoms with van der Waals surface area (Å²) in [6, 6.07) is 3.16. The molecule has 5 aromatic carbocycles. The van der Waals surface area contributed by atoms with Gasteiger partial charge in [0.2, 0.25) is 0 Å². The van der Waals surface area contributed by atoms with Gasteiger partial charge in [-0.25, -0.2) is 0 Å². The minimum absolute atomic E-state index is 0.0624. The molecule has 9 nitrogen and oxygen atoms in total. The van der Waals surface area contributed by atoms with Crippen LogP contribution in [0.4, 0.5) is 11.4 Å². The fourth-order valence-electron chi connectivity index (χ4n) is 8.43. The van der Waals surface area contributed by atoms with Crippen molar-refractivity contribution in [3.8, 4) is 23.0 Å². The van der Waals surface area contributed by atoms with E-state index in [1.54, 1.807) is 0 Å². The quantitative estimate of drug-likeness (QED) is 0.174. The van der Waals surface area contributed by atoms with Gasteiger partial charge in [0.1, 0.15) is 17.3 Å². The van der Waals surface area contributed by atoms with Gasteiger partial charge in [0.25, 0.3) is 0 Å². The van der Waals surface area contributed by atoms with Crippen LogP contribution in [0.3, 0.4) is 0 Å². The Labute approximate surface area is 252 Å². The van der Waals surface area contributed by atoms with E-state index in [1.165, 1.54) is 40.4 Å². The van der Waals surface area contributed by atoms with Crippen LogP contribution in [0.2, 0.25) is 0 Å². The maximum Gasteiger partial charge on any atom is 0.194 e. The lowest BCUT2D eigenvalue weighted by Gasteiger charge is -2.40. The number of Topliss-reactive ketones (excluding diaryl/α,β-unsaturated/α-hetero) is 1. The third-order valence-electron chi connectivity index (χ3n) is 10.1. The second-order valence-corrected chi connectivity index (χ2v) is 12.3. The number of benzene rings is 5. The van der Waals surface area contributed by atoms with E-state index in [-0.39, 0.29) is 45.9 Å². The first-order valence-corrected chi connectivity index (χ1v) is 15.0. The molecule has 1 aliphatic heterocycles. The standard InChI is InChI=1S/C35H32N2O7/c1-13-10-15-23-28-24(33-32(15)36-16-8-6-7-9-17(16)37-33)18(39)11-20(42-3)26(28)27-21(43-4)12-19(40)25-30(27)29(23)31(22(13)14(2)38)35(44-5)34(25)41/h10-12,16-17,22,36-37,41H,6-9H2,1-5H3. The number of phenolic OH excluding ortho intramolecular Hbond substituents is 1. The van der Waals surface area contributed by atoms with Gasteiger partial charge in [-0.05, 0) is 32.1 Å². The van der Waals surface area contributed by atoms with Crippen LogP contribution in [-0.4, -0.2) is 44.3 Å². The summed E-state index contributed by atoms with van der Waals surface area (Å²) in [6.07, 6.45) is 6.19. The van der Waals surface area contributed by atoms with Crippen molar-refractivity contribution in [3.63, 3.8) is 0 Å². The highest BCUT2D eigenvalue weighted by Crippen LogP contribution is 2.58. The minimum atomic E-state index is -0.777. The molecule has 9 heteroatoms. The highest BCUT2D eigenvalue weighted by Gasteiger charge is 2.39. The number of methoxy groups -OCH3 is 3. The molecule has 44 heavy (non-hydrogen) atoms. The molecule has 3 N–H and O–H groups in total. The number of hydrogen-bond donors (Lipinski definition) is 3. The molecule has 224 valence electrons. The van der Waals surface area contributed by atoms with Crippen molar-refractivity contribution < 1.29 is 24.1 Å². The number of ether oxygens (including phenoxy) is 3. The Hall–Kier alpha value is -4.79. The number of ketones is 1. The van der Waals surface area contributed by atoms with Gasteiger partial charge in [0, 0.05) is 62.3 Å². The van der Waals surface area contributed by atoms with E-state index >= 15 is 0 Å². The van der Waals surface area contributed by atoms with Crippen LogP contribution in [0.25, 0.3) is 49.2 Å². The number of nitrogens with one attached hydrogen (secondary N) is 2. The lowest BCUT2D eigenvalue weighted by Crippen LogP contribution is -2.45. The fraction of sp³-hybridized carbons (Fsp3) is 0.343. The summed E-state index contributed by atoms with van der Waals surface area (Å²) >= 11 is 0. The number of fused-ring (bicyclic) bond motifs is 5. The third-order valence-corrected chi connectivity index (χ3v) is 10.1. The van der Waals surface area contributed by atoms with Gasteiger partial charge >= 0.3 is 0 Å². The first-order chi connectivity index (χ1) is 21.2. The van der Waals surface area contributed by atoms with Crippen LogP contribution >= 0.6 is 0 Å². The molecule has 1 fully saturated rings. The second-order valence-electron chi connectivity index (χ2n) is 12.3. The van der Waals surface area contributed by atoms with E-state index in [0.717, 1.165) is 48.2 Å². The van der Waals surface area contributed by atoms with Gasteiger partial charge in [0.05, 0.1) is 49.4 Å². The zero-order valence-corrected chi connectivity index (χ0v) is 25.2. The Balaban J connectivity index is 1.78. The lowest BCUT2D eigenvalue weighted by atomic mass is 9.80. The van der Waals surface area contributed by atoms with Crippen molar-refractivity contribution in [3.05, 3.63) is 49.3 Å². The Bertz CT molecular complexity index is 2260. The summed E-state index contributed by atoms with van der Waals surface area (Å²) in [5.74, 6) is -0.572. The van der Waals surface area contributed by atoms with Gasteiger partial charge in [-0.15, -0.1) is 0 Å². The van der Waals surface area contributed by atoms with E-state index in [9.17, 15) is 19.5 Å². The summed E-state index contributed by atoms with van der Waals surface area (Å²) in [7, 11) is 4.42. The number of phenols is 1. The molecule has 3 aliphatic rings. The smallest absolute Gasteiger partial charge is 0.194 e. The van der Waals surface area contributed by atoms with E-state index in [2.05, 4.69) is 10.6 Å². The SMILES string of the molecule is COc1c(O)c2c(=O)cc(OC)c3c4c(OC)cc(=O)c5c6c(c7c(c(c1C(C(C)=O)C(C)=C7)c23)c54)NC1CCCCC1N6. The van der Waals surface area contributed by atoms with E-state index in [1.807, 2.05) is 13.0 Å². The monoisotopic (exact) mass is 592 g/mol. The average molecular weight is 593 g/mol. The average Bonchev–Trinajstić information content (AvgIpc) is 3.14. The number of hydrogen-bond acceptors (Lipinski definition) is 9. The number of anilines is 2. The van der Waals surface area contributed by atoms with Crippen LogP contribution in [0.1, 0.15) is 56.6 Å². The predicted octanol–water partition coefficient (Wildman–Crippen LogP) is 5.86. The molecule has 0 bridgehead atoms. The fourth-order valence-corrected chi connectivity index (χ4v) is 8.43. The van der Waals surface area contributed by atoms with Crippen LogP contribution in [0.5, 0.6) is 23.0 Å². The summed E-state index contributed by atoms with van der Waals surface area (Å²) in [5.41, 5.74) is 2.91. The molecule has 0 radical (unpaired) electrons. The molecule has 3 atom stereocenters. The van der Waals surface area contributed by atoms with Crippen molar-refractivity contribution in [2.75, 3.05) is 32.0 Å². The van der Waals surface area contributed by atoms with Crippen molar-refractivity contribution in [2.45, 2.75) is 57.5 Å². The van der Waals surface area contributed by atoms with Crippen LogP contribution in [0.15, 0.2) is 27.3 Å². The molecule has 1 saturated carbocycles. The Morgan fingerprint density at radius 1 is 0.773 bits per heavy atom. The molecule has 5 aromatic rings. The Morgan fingerprint density at radius 3 is 1.91 bits per heavy atom. The number of allylic oxidation sites excluding steroid dienone is 1. The van der Waals surface area contributed by atoms with Crippen molar-refractivity contribution in [1.82, 2.24) is 0 Å². The number of aromatic hydroxyl groups is 1. The summed E-state index contributed by atoms with van der Waals surface area (Å²) in [4.78, 5) is 41.4. The first-order valence-electron chi connectivity index (χ1n) is 15.0. The summed E-state index contributed by atoms with van der Waals surface area (Å²) in [6.45, 7) is 3.42. The topological polar surface area (TPSA) is 123 Å². The molecule has 2 aliphatic carbocycles. The predicted molar refractivity (Wildman–Crippen MR) is 173 cm³/mol. The van der Waals surface area contributed by atoms with Crippen LogP contribution < -0.4 is 35.7 Å². The van der Waals surface area contributed by atoms with E-state index < -0.39 is 11.3 Å². The molecule has 3 unspecified atom stereocenters. The van der Waals surface area contributed by atoms with Crippen molar-refractivity contribution in [1.29, 1.82) is 0 Å². The minimum Gasteiger partial charge on any atom is -0.504 e. The molecule has 0 amide bonds. The van der Waals surface area contributed by atoms with Crippen LogP contribution in [0, 0.1) is 0 Å². The molecular formula is C35H32N2O7. The van der Waals surface area contributed by atoms with E-state index in [0.29, 0.717) is 49.0 Å². The molecular weight excluding hydrogens is 560 g/mol. The van der Waals surface area contributed by atoms with Gasteiger partial charge in [0.15, 0.2) is 22.4 Å². The third kappa shape index (κ3) is 3.16. The molecule has 0 aromatic heterocycles. The van der Waals surface area contributed by atoms with Gasteiger partial charge in [-0.2, -0.15) is 0 Å². The first kappa shape index (κ1) is 26.8. The Kier molecular flexibility index (Phi) is 5.55. The number of carbonyl (C=O) groups excluding carboxylic acids is 1. The normalized spacial score (nSPS) is 20.7. The molecule has 8 rings (SSSR count). The van der Waals surface area contributed by atoms with Gasteiger partial charge < -0.3 is 30.0 Å². The van der Waals surface area contributed by atoms with Crippen molar-refractivity contribution in [2.24, 2.45) is 0 Å². The van der Waals surface area contributed by atoms with Crippen LogP contribution in [-0.2, 0) is 4.79 Å². The van der Waals surface area contributed by atoms with Gasteiger partial charge in [-0.1, -0.05) is 24.5 Å². The molecule has 0 spiro atoms. The summed E-state index contributed by atoms with van der Waals surface area (Å²) in [5, 5.41) is 23.4. The zero-order chi connectivity index (χ0) is 30.8. The van der Waals surface area contributed by atoms with E-state index in [4.69, 9.17) is 14.2 Å². The second kappa shape index (κ2) is 9.11. The number of rotatable bonds is 4. The maximum absolute atomic E-state index is 14.1. The molecule has 1 heterocycles. The Morgan fingerprint density at radius 2 is 1.34 bits per heavy atom. The van der Waals surface area contributed by atoms with Gasteiger partial charge in [-0.3, -0.25) is 14.4 Å².